The summed E-state index contributed by atoms with van der Waals surface area (Å²) in [6.45, 7) is 2.04. The van der Waals surface area contributed by atoms with Crippen molar-refractivity contribution >= 4 is 34.9 Å². The van der Waals surface area contributed by atoms with Crippen LogP contribution in [0.25, 0.3) is 16.8 Å². The van der Waals surface area contributed by atoms with Gasteiger partial charge < -0.3 is 21.3 Å². The van der Waals surface area contributed by atoms with E-state index in [2.05, 4.69) is 25.5 Å². The van der Waals surface area contributed by atoms with Crippen molar-refractivity contribution in [2.45, 2.75) is 25.4 Å². The molecule has 206 valence electrons. The highest BCUT2D eigenvalue weighted by atomic mass is 19.4. The lowest BCUT2D eigenvalue weighted by atomic mass is 9.77. The van der Waals surface area contributed by atoms with Crippen molar-refractivity contribution in [3.63, 3.8) is 0 Å². The Kier molecular flexibility index (Phi) is 6.08. The summed E-state index contributed by atoms with van der Waals surface area (Å²) < 4.78 is 40.9. The van der Waals surface area contributed by atoms with Crippen molar-refractivity contribution in [3.8, 4) is 11.3 Å². The van der Waals surface area contributed by atoms with Gasteiger partial charge in [0.2, 0.25) is 11.9 Å². The molecule has 10 nitrogen and oxygen atoms in total. The molecule has 0 atom stereocenters. The molecule has 0 aliphatic carbocycles. The Morgan fingerprint density at radius 3 is 2.48 bits per heavy atom. The number of pyridine rings is 1. The maximum Gasteiger partial charge on any atom is 0.416 e. The van der Waals surface area contributed by atoms with Crippen LogP contribution in [-0.2, 0) is 11.0 Å². The smallest absolute Gasteiger partial charge is 0.382 e. The van der Waals surface area contributed by atoms with E-state index in [4.69, 9.17) is 10.7 Å². The van der Waals surface area contributed by atoms with Crippen LogP contribution >= 0.6 is 0 Å². The van der Waals surface area contributed by atoms with Crippen LogP contribution in [0.15, 0.2) is 55.0 Å². The number of nitrogens with one attached hydrogen (secondary N) is 2. The maximum atomic E-state index is 13.0. The fourth-order valence-electron chi connectivity index (χ4n) is 5.44. The fraction of sp³-hybridized carbons (Fsp3) is 0.296. The zero-order chi connectivity index (χ0) is 28.1. The number of imidazole rings is 1. The topological polar surface area (TPSA) is 131 Å². The highest BCUT2D eigenvalue weighted by Gasteiger charge is 2.45. The quantitative estimate of drug-likeness (QED) is 0.353. The molecule has 2 amide bonds. The lowest BCUT2D eigenvalue weighted by Gasteiger charge is -2.37. The van der Waals surface area contributed by atoms with Crippen LogP contribution in [0.2, 0.25) is 0 Å². The first kappa shape index (κ1) is 25.6. The summed E-state index contributed by atoms with van der Waals surface area (Å²) in [5, 5.41) is 5.36. The molecule has 2 saturated heterocycles. The van der Waals surface area contributed by atoms with Gasteiger partial charge in [-0.2, -0.15) is 13.2 Å². The average Bonchev–Trinajstić information content (AvgIpc) is 3.50. The molecule has 0 bridgehead atoms. The Bertz CT molecular complexity index is 1610. The van der Waals surface area contributed by atoms with Crippen molar-refractivity contribution in [3.05, 3.63) is 66.1 Å². The molecule has 1 aromatic carbocycles. The number of nitrogen functional groups attached to an aromatic ring is 1. The number of anilines is 3. The van der Waals surface area contributed by atoms with Gasteiger partial charge in [-0.05, 0) is 43.5 Å². The summed E-state index contributed by atoms with van der Waals surface area (Å²) in [6.07, 6.45) is 2.13. The number of rotatable bonds is 4. The van der Waals surface area contributed by atoms with Crippen molar-refractivity contribution in [1.82, 2.24) is 24.7 Å². The molecule has 3 aromatic heterocycles. The molecular formula is C27H25F3N8O2. The van der Waals surface area contributed by atoms with Crippen LogP contribution < -0.4 is 21.3 Å². The molecule has 1 spiro atoms. The molecule has 0 radical (unpaired) electrons. The van der Waals surface area contributed by atoms with E-state index in [-0.39, 0.29) is 28.5 Å². The van der Waals surface area contributed by atoms with E-state index < -0.39 is 17.6 Å². The molecule has 0 unspecified atom stereocenters. The maximum absolute atomic E-state index is 13.0. The second-order valence-electron chi connectivity index (χ2n) is 10.0. The van der Waals surface area contributed by atoms with Gasteiger partial charge in [0, 0.05) is 49.4 Å². The van der Waals surface area contributed by atoms with E-state index >= 15 is 0 Å². The lowest BCUT2D eigenvalue weighted by molar-refractivity contribution is -0.137. The SMILES string of the molecule is Nc1nccn2c(N3CCC4(CCNC4=O)CC3)nc(-c3ccc(C(=O)Nc4cc(C(F)(F)F)ccn4)cc3)c12. The lowest BCUT2D eigenvalue weighted by Crippen LogP contribution is -2.44. The number of aromatic nitrogens is 4. The van der Waals surface area contributed by atoms with E-state index in [9.17, 15) is 22.8 Å². The highest BCUT2D eigenvalue weighted by molar-refractivity contribution is 6.04. The molecular weight excluding hydrogens is 525 g/mol. The number of nitrogens with zero attached hydrogens (tertiary/aromatic N) is 5. The van der Waals surface area contributed by atoms with Gasteiger partial charge in [-0.1, -0.05) is 12.1 Å². The normalized spacial score (nSPS) is 16.9. The number of halogens is 3. The summed E-state index contributed by atoms with van der Waals surface area (Å²) in [4.78, 5) is 40.2. The molecule has 2 aliphatic rings. The Morgan fingerprint density at radius 2 is 1.80 bits per heavy atom. The van der Waals surface area contributed by atoms with Crippen molar-refractivity contribution in [2.75, 3.05) is 35.6 Å². The largest absolute Gasteiger partial charge is 0.416 e. The second-order valence-corrected chi connectivity index (χ2v) is 10.0. The average molecular weight is 551 g/mol. The van der Waals surface area contributed by atoms with Gasteiger partial charge in [-0.25, -0.2) is 15.0 Å². The van der Waals surface area contributed by atoms with Crippen LogP contribution in [-0.4, -0.2) is 50.8 Å². The van der Waals surface area contributed by atoms with Gasteiger partial charge in [0.15, 0.2) is 0 Å². The van der Waals surface area contributed by atoms with Crippen LogP contribution in [0.4, 0.5) is 30.8 Å². The molecule has 2 fully saturated rings. The van der Waals surface area contributed by atoms with Gasteiger partial charge >= 0.3 is 6.18 Å². The van der Waals surface area contributed by atoms with Gasteiger partial charge in [0.05, 0.1) is 11.0 Å². The summed E-state index contributed by atoms with van der Waals surface area (Å²) in [5.41, 5.74) is 7.14. The van der Waals surface area contributed by atoms with E-state index in [1.165, 1.54) is 0 Å². The zero-order valence-electron chi connectivity index (χ0n) is 21.2. The van der Waals surface area contributed by atoms with Crippen LogP contribution in [0.5, 0.6) is 0 Å². The number of hydrogen-bond acceptors (Lipinski definition) is 7. The molecule has 13 heteroatoms. The fourth-order valence-corrected chi connectivity index (χ4v) is 5.44. The Hall–Kier alpha value is -4.68. The Morgan fingerprint density at radius 1 is 1.05 bits per heavy atom. The third kappa shape index (κ3) is 4.46. The van der Waals surface area contributed by atoms with E-state index in [1.807, 2.05) is 4.40 Å². The Labute approximate surface area is 226 Å². The first-order valence-corrected chi connectivity index (χ1v) is 12.8. The summed E-state index contributed by atoms with van der Waals surface area (Å²) >= 11 is 0. The number of fused-ring (bicyclic) bond motifs is 1. The molecule has 0 saturated carbocycles. The third-order valence-electron chi connectivity index (χ3n) is 7.69. The van der Waals surface area contributed by atoms with E-state index in [1.54, 1.807) is 36.7 Å². The Balaban J connectivity index is 1.26. The van der Waals surface area contributed by atoms with E-state index in [0.717, 1.165) is 37.6 Å². The third-order valence-corrected chi connectivity index (χ3v) is 7.69. The molecule has 4 aromatic rings. The van der Waals surface area contributed by atoms with Gasteiger partial charge in [-0.3, -0.25) is 14.0 Å². The van der Waals surface area contributed by atoms with Gasteiger partial charge in [-0.15, -0.1) is 0 Å². The minimum absolute atomic E-state index is 0.127. The summed E-state index contributed by atoms with van der Waals surface area (Å²) in [7, 11) is 0. The number of nitrogens with two attached hydrogens (primary N) is 1. The molecule has 6 rings (SSSR count). The molecule has 4 N–H and O–H groups in total. The minimum Gasteiger partial charge on any atom is -0.382 e. The van der Waals surface area contributed by atoms with Crippen molar-refractivity contribution in [1.29, 1.82) is 0 Å². The van der Waals surface area contributed by atoms with Crippen molar-refractivity contribution in [2.24, 2.45) is 5.41 Å². The second kappa shape index (κ2) is 9.50. The zero-order valence-corrected chi connectivity index (χ0v) is 21.2. The van der Waals surface area contributed by atoms with Crippen LogP contribution in [0.3, 0.4) is 0 Å². The van der Waals surface area contributed by atoms with Gasteiger partial charge in [0.25, 0.3) is 5.91 Å². The monoisotopic (exact) mass is 550 g/mol. The van der Waals surface area contributed by atoms with Crippen molar-refractivity contribution < 1.29 is 22.8 Å². The summed E-state index contributed by atoms with van der Waals surface area (Å²) in [6, 6.07) is 8.12. The first-order chi connectivity index (χ1) is 19.1. The molecule has 5 heterocycles. The molecule has 40 heavy (non-hydrogen) atoms. The standard InChI is InChI=1S/C27H25F3N8O2/c28-27(29,30)18-5-9-32-19(15-18)35-23(39)17-3-1-16(2-4-17)20-21-22(31)33-11-14-38(21)25(36-20)37-12-7-26(8-13-37)6-10-34-24(26)40/h1-5,9,11,14-15H,6-8,10,12-13H2,(H2,31,33)(H,34,40)(H,32,35,39). The number of piperidine rings is 1. The van der Waals surface area contributed by atoms with Gasteiger partial charge in [0.1, 0.15) is 22.8 Å². The number of benzene rings is 1. The highest BCUT2D eigenvalue weighted by Crippen LogP contribution is 2.40. The number of hydrogen-bond donors (Lipinski definition) is 3. The summed E-state index contributed by atoms with van der Waals surface area (Å²) in [5.74, 6) is 0.295. The number of amides is 2. The number of alkyl halides is 3. The van der Waals surface area contributed by atoms with Crippen LogP contribution in [0.1, 0.15) is 35.2 Å². The number of carbonyl (C=O) groups excluding carboxylic acids is 2. The number of carbonyl (C=O) groups is 2. The van der Waals surface area contributed by atoms with Crippen LogP contribution in [0, 0.1) is 5.41 Å². The predicted octanol–water partition coefficient (Wildman–Crippen LogP) is 3.75. The first-order valence-electron chi connectivity index (χ1n) is 12.8. The molecule has 2 aliphatic heterocycles. The predicted molar refractivity (Wildman–Crippen MR) is 142 cm³/mol. The minimum atomic E-state index is -4.55. The van der Waals surface area contributed by atoms with E-state index in [0.29, 0.717) is 42.4 Å².